The molecule has 1 fully saturated rings. The van der Waals surface area contributed by atoms with Gasteiger partial charge in [-0.1, -0.05) is 0 Å². The first-order valence-electron chi connectivity index (χ1n) is 5.98. The normalized spacial score (nSPS) is 23.7. The topological polar surface area (TPSA) is 64.0 Å². The average molecular weight is 257 g/mol. The molecule has 0 radical (unpaired) electrons. The summed E-state index contributed by atoms with van der Waals surface area (Å²) in [7, 11) is -2.81. The van der Waals surface area contributed by atoms with E-state index in [2.05, 4.69) is 10.4 Å². The number of hydrogen-bond acceptors (Lipinski definition) is 4. The lowest BCUT2D eigenvalue weighted by molar-refractivity contribution is 0.456. The molecule has 1 aromatic rings. The maximum absolute atomic E-state index is 11.4. The molecule has 96 valence electrons. The van der Waals surface area contributed by atoms with E-state index in [-0.39, 0.29) is 11.8 Å². The molecule has 0 aliphatic carbocycles. The van der Waals surface area contributed by atoms with Crippen molar-refractivity contribution in [2.45, 2.75) is 32.4 Å². The van der Waals surface area contributed by atoms with Crippen LogP contribution in [-0.2, 0) is 16.4 Å². The minimum atomic E-state index is -2.81. The summed E-state index contributed by atoms with van der Waals surface area (Å²) in [6, 6.07) is 0.116. The predicted molar refractivity (Wildman–Crippen MR) is 66.6 cm³/mol. The van der Waals surface area contributed by atoms with E-state index < -0.39 is 9.84 Å². The first-order valence-corrected chi connectivity index (χ1v) is 7.80. The minimum Gasteiger partial charge on any atom is -0.311 e. The monoisotopic (exact) mass is 257 g/mol. The Balaban J connectivity index is 1.75. The molecule has 1 N–H and O–H groups in total. The zero-order chi connectivity index (χ0) is 12.3. The molecular formula is C11H19N3O2S. The summed E-state index contributed by atoms with van der Waals surface area (Å²) in [5, 5.41) is 7.48. The summed E-state index contributed by atoms with van der Waals surface area (Å²) >= 11 is 0. The van der Waals surface area contributed by atoms with E-state index in [0.29, 0.717) is 5.75 Å². The summed E-state index contributed by atoms with van der Waals surface area (Å²) in [5.74, 6) is 0.634. The molecule has 0 saturated carbocycles. The fraction of sp³-hybridized carbons (Fsp3) is 0.727. The molecule has 1 saturated heterocycles. The summed E-state index contributed by atoms with van der Waals surface area (Å²) in [6.07, 6.45) is 5.54. The van der Waals surface area contributed by atoms with Crippen LogP contribution in [0.25, 0.3) is 0 Å². The van der Waals surface area contributed by atoms with E-state index in [0.717, 1.165) is 31.5 Å². The highest BCUT2D eigenvalue weighted by atomic mass is 32.2. The Labute approximate surface area is 102 Å². The van der Waals surface area contributed by atoms with Gasteiger partial charge in [-0.25, -0.2) is 8.42 Å². The lowest BCUT2D eigenvalue weighted by atomic mass is 10.2. The third-order valence-corrected chi connectivity index (χ3v) is 4.82. The first kappa shape index (κ1) is 12.6. The van der Waals surface area contributed by atoms with Crippen LogP contribution in [0, 0.1) is 6.92 Å². The Hall–Kier alpha value is -0.880. The molecule has 2 rings (SSSR count). The van der Waals surface area contributed by atoms with Crippen LogP contribution in [0.2, 0.25) is 0 Å². The fourth-order valence-electron chi connectivity index (χ4n) is 2.16. The molecule has 1 unspecified atom stereocenters. The van der Waals surface area contributed by atoms with Crippen LogP contribution in [0.15, 0.2) is 12.4 Å². The summed E-state index contributed by atoms with van der Waals surface area (Å²) in [4.78, 5) is 0. The Morgan fingerprint density at radius 2 is 2.41 bits per heavy atom. The van der Waals surface area contributed by atoms with Gasteiger partial charge < -0.3 is 5.32 Å². The van der Waals surface area contributed by atoms with Crippen LogP contribution in [-0.4, -0.2) is 42.3 Å². The second kappa shape index (κ2) is 5.18. The number of aryl methyl sites for hydroxylation is 1. The van der Waals surface area contributed by atoms with Crippen molar-refractivity contribution in [3.63, 3.8) is 0 Å². The van der Waals surface area contributed by atoms with Gasteiger partial charge in [0.25, 0.3) is 0 Å². The minimum absolute atomic E-state index is 0.116. The van der Waals surface area contributed by atoms with Gasteiger partial charge in [0.05, 0.1) is 24.2 Å². The fourth-order valence-corrected chi connectivity index (χ4v) is 3.83. The lowest BCUT2D eigenvalue weighted by Gasteiger charge is -2.23. The SMILES string of the molecule is Cc1cnn(CCNC2CCCS(=O)(=O)C2)c1. The molecule has 6 heteroatoms. The molecule has 0 amide bonds. The highest BCUT2D eigenvalue weighted by Crippen LogP contribution is 2.11. The van der Waals surface area contributed by atoms with E-state index >= 15 is 0 Å². The largest absolute Gasteiger partial charge is 0.311 e. The van der Waals surface area contributed by atoms with Crippen molar-refractivity contribution >= 4 is 9.84 Å². The van der Waals surface area contributed by atoms with E-state index in [4.69, 9.17) is 0 Å². The van der Waals surface area contributed by atoms with E-state index in [1.165, 1.54) is 0 Å². The maximum atomic E-state index is 11.4. The Kier molecular flexibility index (Phi) is 3.83. The third-order valence-electron chi connectivity index (χ3n) is 3.00. The standard InChI is InChI=1S/C11H19N3O2S/c1-10-7-13-14(8-10)5-4-12-11-3-2-6-17(15,16)9-11/h7-8,11-12H,2-6,9H2,1H3. The van der Waals surface area contributed by atoms with Crippen molar-refractivity contribution in [2.75, 3.05) is 18.1 Å². The molecule has 0 bridgehead atoms. The quantitative estimate of drug-likeness (QED) is 0.846. The molecule has 1 aliphatic heterocycles. The molecule has 0 aromatic carbocycles. The molecular weight excluding hydrogens is 238 g/mol. The van der Waals surface area contributed by atoms with E-state index in [1.807, 2.05) is 24.0 Å². The summed E-state index contributed by atoms with van der Waals surface area (Å²) in [6.45, 7) is 3.55. The number of aromatic nitrogens is 2. The molecule has 1 atom stereocenters. The van der Waals surface area contributed by atoms with Gasteiger partial charge in [-0.15, -0.1) is 0 Å². The van der Waals surface area contributed by atoms with Crippen molar-refractivity contribution in [3.05, 3.63) is 18.0 Å². The van der Waals surface area contributed by atoms with Gasteiger partial charge in [0, 0.05) is 18.8 Å². The van der Waals surface area contributed by atoms with Crippen LogP contribution >= 0.6 is 0 Å². The van der Waals surface area contributed by atoms with Crippen molar-refractivity contribution in [2.24, 2.45) is 0 Å². The van der Waals surface area contributed by atoms with Crippen molar-refractivity contribution in [1.82, 2.24) is 15.1 Å². The van der Waals surface area contributed by atoms with Crippen LogP contribution in [0.1, 0.15) is 18.4 Å². The number of rotatable bonds is 4. The summed E-state index contributed by atoms with van der Waals surface area (Å²) < 4.78 is 24.8. The highest BCUT2D eigenvalue weighted by molar-refractivity contribution is 7.91. The van der Waals surface area contributed by atoms with E-state index in [9.17, 15) is 8.42 Å². The molecule has 5 nitrogen and oxygen atoms in total. The van der Waals surface area contributed by atoms with Gasteiger partial charge in [0.15, 0.2) is 9.84 Å². The van der Waals surface area contributed by atoms with Crippen LogP contribution < -0.4 is 5.32 Å². The van der Waals surface area contributed by atoms with Gasteiger partial charge in [0.2, 0.25) is 0 Å². The Morgan fingerprint density at radius 3 is 3.06 bits per heavy atom. The van der Waals surface area contributed by atoms with Gasteiger partial charge in [-0.3, -0.25) is 4.68 Å². The third kappa shape index (κ3) is 3.81. The smallest absolute Gasteiger partial charge is 0.151 e. The number of nitrogens with one attached hydrogen (secondary N) is 1. The van der Waals surface area contributed by atoms with Crippen LogP contribution in [0.4, 0.5) is 0 Å². The number of hydrogen-bond donors (Lipinski definition) is 1. The van der Waals surface area contributed by atoms with Gasteiger partial charge in [-0.2, -0.15) is 5.10 Å². The van der Waals surface area contributed by atoms with Crippen LogP contribution in [0.5, 0.6) is 0 Å². The van der Waals surface area contributed by atoms with Gasteiger partial charge in [0.1, 0.15) is 0 Å². The number of sulfone groups is 1. The van der Waals surface area contributed by atoms with Gasteiger partial charge >= 0.3 is 0 Å². The maximum Gasteiger partial charge on any atom is 0.151 e. The Morgan fingerprint density at radius 1 is 1.59 bits per heavy atom. The van der Waals surface area contributed by atoms with Crippen LogP contribution in [0.3, 0.4) is 0 Å². The zero-order valence-corrected chi connectivity index (χ0v) is 10.9. The average Bonchev–Trinajstić information content (AvgIpc) is 2.63. The van der Waals surface area contributed by atoms with Crippen molar-refractivity contribution in [1.29, 1.82) is 0 Å². The summed E-state index contributed by atoms with van der Waals surface area (Å²) in [5.41, 5.74) is 1.14. The lowest BCUT2D eigenvalue weighted by Crippen LogP contribution is -2.41. The molecule has 1 aromatic heterocycles. The van der Waals surface area contributed by atoms with Gasteiger partial charge in [-0.05, 0) is 25.3 Å². The molecule has 1 aliphatic rings. The van der Waals surface area contributed by atoms with E-state index in [1.54, 1.807) is 0 Å². The van der Waals surface area contributed by atoms with Crippen molar-refractivity contribution < 1.29 is 8.42 Å². The zero-order valence-electron chi connectivity index (χ0n) is 10.1. The first-order chi connectivity index (χ1) is 8.05. The molecule has 2 heterocycles. The Bertz CT molecular complexity index is 467. The second-order valence-corrected chi connectivity index (χ2v) is 6.92. The highest BCUT2D eigenvalue weighted by Gasteiger charge is 2.23. The molecule has 17 heavy (non-hydrogen) atoms. The predicted octanol–water partition coefficient (Wildman–Crippen LogP) is 0.358. The number of nitrogens with zero attached hydrogens (tertiary/aromatic N) is 2. The van der Waals surface area contributed by atoms with Crippen molar-refractivity contribution in [3.8, 4) is 0 Å². The second-order valence-electron chi connectivity index (χ2n) is 4.69. The molecule has 0 spiro atoms.